The zero-order chi connectivity index (χ0) is 20.2. The number of halogens is 2. The second kappa shape index (κ2) is 6.94. The Labute approximate surface area is 172 Å². The van der Waals surface area contributed by atoms with E-state index in [1.807, 2.05) is 32.9 Å². The molecule has 1 aliphatic heterocycles. The first-order valence-electron chi connectivity index (χ1n) is 9.11. The zero-order valence-corrected chi connectivity index (χ0v) is 17.3. The number of hydrogen-bond donors (Lipinski definition) is 0. The average Bonchev–Trinajstić information content (AvgIpc) is 2.90. The van der Waals surface area contributed by atoms with Crippen molar-refractivity contribution in [2.24, 2.45) is 5.92 Å². The number of hydrogen-bond acceptors (Lipinski definition) is 3. The van der Waals surface area contributed by atoms with E-state index in [1.54, 1.807) is 29.2 Å². The van der Waals surface area contributed by atoms with Gasteiger partial charge in [-0.15, -0.1) is 0 Å². The van der Waals surface area contributed by atoms with Crippen LogP contribution in [-0.2, 0) is 0 Å². The van der Waals surface area contributed by atoms with Crippen molar-refractivity contribution in [2.45, 2.75) is 26.8 Å². The number of amides is 1. The van der Waals surface area contributed by atoms with E-state index in [1.165, 1.54) is 0 Å². The molecule has 0 saturated carbocycles. The maximum Gasteiger partial charge on any atom is 0.290 e. The third-order valence-electron chi connectivity index (χ3n) is 4.99. The summed E-state index contributed by atoms with van der Waals surface area (Å²) < 4.78 is 5.94. The van der Waals surface area contributed by atoms with Crippen molar-refractivity contribution in [3.63, 3.8) is 0 Å². The van der Waals surface area contributed by atoms with Crippen molar-refractivity contribution in [3.8, 4) is 0 Å². The van der Waals surface area contributed by atoms with Crippen LogP contribution in [0.2, 0.25) is 10.0 Å². The summed E-state index contributed by atoms with van der Waals surface area (Å²) in [5.41, 5.74) is 2.12. The molecule has 1 amide bonds. The molecule has 2 heterocycles. The molecule has 2 aromatic carbocycles. The van der Waals surface area contributed by atoms with E-state index in [9.17, 15) is 9.59 Å². The molecule has 28 heavy (non-hydrogen) atoms. The van der Waals surface area contributed by atoms with Gasteiger partial charge in [-0.05, 0) is 48.2 Å². The summed E-state index contributed by atoms with van der Waals surface area (Å²) in [4.78, 5) is 28.3. The summed E-state index contributed by atoms with van der Waals surface area (Å²) in [6, 6.07) is 10.0. The molecule has 4 rings (SSSR count). The van der Waals surface area contributed by atoms with Gasteiger partial charge in [-0.2, -0.15) is 0 Å². The quantitative estimate of drug-likeness (QED) is 0.558. The molecule has 0 fully saturated rings. The van der Waals surface area contributed by atoms with Gasteiger partial charge in [-0.25, -0.2) is 0 Å². The number of rotatable bonds is 3. The zero-order valence-electron chi connectivity index (χ0n) is 15.8. The van der Waals surface area contributed by atoms with Gasteiger partial charge in [-0.1, -0.05) is 49.2 Å². The third-order valence-corrected chi connectivity index (χ3v) is 5.65. The van der Waals surface area contributed by atoms with Crippen LogP contribution < -0.4 is 5.43 Å². The molecule has 4 nitrogen and oxygen atoms in total. The van der Waals surface area contributed by atoms with Gasteiger partial charge in [0.25, 0.3) is 5.91 Å². The maximum atomic E-state index is 13.4. The van der Waals surface area contributed by atoms with Crippen LogP contribution in [0.5, 0.6) is 0 Å². The van der Waals surface area contributed by atoms with Crippen molar-refractivity contribution >= 4 is 40.1 Å². The molecule has 1 atom stereocenters. The molecule has 0 spiro atoms. The minimum Gasteiger partial charge on any atom is -0.450 e. The van der Waals surface area contributed by atoms with Gasteiger partial charge in [0.05, 0.1) is 17.0 Å². The molecule has 0 saturated heterocycles. The van der Waals surface area contributed by atoms with E-state index in [4.69, 9.17) is 27.6 Å². The molecular formula is C22H19Cl2NO3. The molecule has 6 heteroatoms. The molecule has 3 aromatic rings. The lowest BCUT2D eigenvalue weighted by molar-refractivity contribution is 0.0706. The summed E-state index contributed by atoms with van der Waals surface area (Å²) in [5, 5.41) is 1.47. The second-order valence-electron chi connectivity index (χ2n) is 7.58. The van der Waals surface area contributed by atoms with Crippen molar-refractivity contribution in [2.75, 3.05) is 6.54 Å². The van der Waals surface area contributed by atoms with E-state index in [0.717, 1.165) is 11.1 Å². The fourth-order valence-electron chi connectivity index (χ4n) is 3.71. The number of benzene rings is 2. The standard InChI is InChI=1S/C22H19Cl2NO3/c1-11(2)10-25-19(13-4-6-14(23)7-5-13)18-20(26)15-9-16(24)12(3)8-17(15)28-21(18)22(25)27/h4-9,11,19H,10H2,1-3H3. The van der Waals surface area contributed by atoms with Gasteiger partial charge in [0, 0.05) is 16.6 Å². The van der Waals surface area contributed by atoms with Crippen molar-refractivity contribution < 1.29 is 9.21 Å². The summed E-state index contributed by atoms with van der Waals surface area (Å²) in [6.45, 7) is 6.40. The number of aryl methyl sites for hydroxylation is 1. The summed E-state index contributed by atoms with van der Waals surface area (Å²) in [7, 11) is 0. The van der Waals surface area contributed by atoms with Gasteiger partial charge in [0.1, 0.15) is 5.58 Å². The summed E-state index contributed by atoms with van der Waals surface area (Å²) >= 11 is 12.3. The molecule has 1 aliphatic rings. The van der Waals surface area contributed by atoms with E-state index in [2.05, 4.69) is 0 Å². The van der Waals surface area contributed by atoms with Crippen molar-refractivity contribution in [3.05, 3.63) is 79.1 Å². The Bertz CT molecular complexity index is 1150. The predicted molar refractivity (Wildman–Crippen MR) is 111 cm³/mol. The first-order chi connectivity index (χ1) is 13.3. The van der Waals surface area contributed by atoms with Crippen LogP contribution in [0, 0.1) is 12.8 Å². The Balaban J connectivity index is 2.01. The second-order valence-corrected chi connectivity index (χ2v) is 8.42. The highest BCUT2D eigenvalue weighted by molar-refractivity contribution is 6.32. The normalized spacial score (nSPS) is 16.3. The van der Waals surface area contributed by atoms with E-state index in [-0.39, 0.29) is 23.0 Å². The highest BCUT2D eigenvalue weighted by Crippen LogP contribution is 2.39. The summed E-state index contributed by atoms with van der Waals surface area (Å²) in [6.07, 6.45) is 0. The van der Waals surface area contributed by atoms with Gasteiger partial charge in [0.2, 0.25) is 5.76 Å². The summed E-state index contributed by atoms with van der Waals surface area (Å²) in [5.74, 6) is 0.0735. The van der Waals surface area contributed by atoms with Gasteiger partial charge in [0.15, 0.2) is 5.43 Å². The molecule has 1 unspecified atom stereocenters. The van der Waals surface area contributed by atoms with Crippen LogP contribution >= 0.6 is 23.2 Å². The van der Waals surface area contributed by atoms with Crippen LogP contribution in [-0.4, -0.2) is 17.4 Å². The highest BCUT2D eigenvalue weighted by atomic mass is 35.5. The Morgan fingerprint density at radius 3 is 2.43 bits per heavy atom. The van der Waals surface area contributed by atoms with Crippen LogP contribution in [0.25, 0.3) is 11.0 Å². The molecule has 0 radical (unpaired) electrons. The average molecular weight is 416 g/mol. The Morgan fingerprint density at radius 2 is 1.79 bits per heavy atom. The molecule has 144 valence electrons. The molecule has 0 bridgehead atoms. The molecule has 0 aliphatic carbocycles. The number of carbonyl (C=O) groups is 1. The van der Waals surface area contributed by atoms with E-state index >= 15 is 0 Å². The lowest BCUT2D eigenvalue weighted by Crippen LogP contribution is -2.32. The minimum absolute atomic E-state index is 0.111. The van der Waals surface area contributed by atoms with Crippen molar-refractivity contribution in [1.29, 1.82) is 0 Å². The minimum atomic E-state index is -0.511. The lowest BCUT2D eigenvalue weighted by atomic mass is 9.98. The molecule has 0 N–H and O–H groups in total. The maximum absolute atomic E-state index is 13.4. The van der Waals surface area contributed by atoms with Crippen molar-refractivity contribution in [1.82, 2.24) is 4.90 Å². The highest BCUT2D eigenvalue weighted by Gasteiger charge is 2.42. The number of nitrogens with zero attached hydrogens (tertiary/aromatic N) is 1. The fraction of sp³-hybridized carbons (Fsp3) is 0.273. The topological polar surface area (TPSA) is 50.5 Å². The first kappa shape index (κ1) is 19.0. The lowest BCUT2D eigenvalue weighted by Gasteiger charge is -2.26. The van der Waals surface area contributed by atoms with Crippen LogP contribution in [0.1, 0.15) is 47.1 Å². The number of fused-ring (bicyclic) bond motifs is 2. The van der Waals surface area contributed by atoms with Crippen LogP contribution in [0.15, 0.2) is 45.6 Å². The first-order valence-corrected chi connectivity index (χ1v) is 9.86. The van der Waals surface area contributed by atoms with Gasteiger partial charge >= 0.3 is 0 Å². The molecule has 1 aromatic heterocycles. The Kier molecular flexibility index (Phi) is 4.72. The monoisotopic (exact) mass is 415 g/mol. The predicted octanol–water partition coefficient (Wildman–Crippen LogP) is 5.61. The van der Waals surface area contributed by atoms with Gasteiger partial charge < -0.3 is 9.32 Å². The van der Waals surface area contributed by atoms with Gasteiger partial charge in [-0.3, -0.25) is 9.59 Å². The molecular weight excluding hydrogens is 397 g/mol. The Hall–Kier alpha value is -2.30. The van der Waals surface area contributed by atoms with Crippen LogP contribution in [0.4, 0.5) is 0 Å². The largest absolute Gasteiger partial charge is 0.450 e. The number of carbonyl (C=O) groups excluding carboxylic acids is 1. The smallest absolute Gasteiger partial charge is 0.290 e. The van der Waals surface area contributed by atoms with Crippen LogP contribution in [0.3, 0.4) is 0 Å². The van der Waals surface area contributed by atoms with E-state index < -0.39 is 6.04 Å². The fourth-order valence-corrected chi connectivity index (χ4v) is 4.00. The van der Waals surface area contributed by atoms with E-state index in [0.29, 0.717) is 33.1 Å². The Morgan fingerprint density at radius 1 is 1.11 bits per heavy atom. The SMILES string of the molecule is Cc1cc2oc3c(c(=O)c2cc1Cl)C(c1ccc(Cl)cc1)N(CC(C)C)C3=O. The third kappa shape index (κ3) is 3.01.